The maximum Gasteiger partial charge on any atom is 0.275 e. The molecular formula is C29H33FN8O4. The number of hydrogen-bond acceptors (Lipinski definition) is 9. The van der Waals surface area contributed by atoms with Crippen LogP contribution < -0.4 is 26.4 Å². The number of piperazine rings is 1. The van der Waals surface area contributed by atoms with Gasteiger partial charge in [-0.15, -0.1) is 0 Å². The molecule has 5 heterocycles. The van der Waals surface area contributed by atoms with Gasteiger partial charge < -0.3 is 15.5 Å². The lowest BCUT2D eigenvalue weighted by Crippen LogP contribution is -2.49. The summed E-state index contributed by atoms with van der Waals surface area (Å²) in [6, 6.07) is 7.97. The van der Waals surface area contributed by atoms with Crippen LogP contribution in [0, 0.1) is 11.9 Å². The van der Waals surface area contributed by atoms with Crippen LogP contribution in [0.2, 0.25) is 0 Å². The lowest BCUT2D eigenvalue weighted by Gasteiger charge is -2.40. The summed E-state index contributed by atoms with van der Waals surface area (Å²) < 4.78 is 15.3. The first-order chi connectivity index (χ1) is 20.3. The van der Waals surface area contributed by atoms with Crippen LogP contribution in [0.3, 0.4) is 0 Å². The quantitative estimate of drug-likeness (QED) is 0.325. The monoisotopic (exact) mass is 576 g/mol. The van der Waals surface area contributed by atoms with Crippen LogP contribution in [-0.2, 0) is 9.59 Å². The van der Waals surface area contributed by atoms with Gasteiger partial charge in [-0.2, -0.15) is 9.49 Å². The molecule has 6 rings (SSSR count). The van der Waals surface area contributed by atoms with Crippen molar-refractivity contribution in [3.63, 3.8) is 0 Å². The predicted molar refractivity (Wildman–Crippen MR) is 154 cm³/mol. The molecule has 0 bridgehead atoms. The van der Waals surface area contributed by atoms with Crippen molar-refractivity contribution in [3.05, 3.63) is 58.4 Å². The summed E-state index contributed by atoms with van der Waals surface area (Å²) in [5.41, 5.74) is 5.67. The second-order valence-corrected chi connectivity index (χ2v) is 11.2. The van der Waals surface area contributed by atoms with Gasteiger partial charge in [-0.3, -0.25) is 29.4 Å². The summed E-state index contributed by atoms with van der Waals surface area (Å²) in [6.45, 7) is 6.14. The van der Waals surface area contributed by atoms with Gasteiger partial charge >= 0.3 is 0 Å². The third kappa shape index (κ3) is 5.56. The number of nitrogens with one attached hydrogen (secondary N) is 1. The lowest BCUT2D eigenvalue weighted by molar-refractivity contribution is -0.136. The number of amides is 3. The van der Waals surface area contributed by atoms with Crippen molar-refractivity contribution < 1.29 is 18.8 Å². The minimum atomic E-state index is -0.827. The van der Waals surface area contributed by atoms with Crippen molar-refractivity contribution in [3.8, 4) is 0 Å². The smallest absolute Gasteiger partial charge is 0.275 e. The number of benzene rings is 1. The van der Waals surface area contributed by atoms with E-state index in [9.17, 15) is 23.6 Å². The van der Waals surface area contributed by atoms with Gasteiger partial charge in [0.05, 0.1) is 17.1 Å². The van der Waals surface area contributed by atoms with Gasteiger partial charge in [-0.1, -0.05) is 0 Å². The van der Waals surface area contributed by atoms with Crippen molar-refractivity contribution >= 4 is 40.0 Å². The third-order valence-corrected chi connectivity index (χ3v) is 8.59. The number of nitrogens with two attached hydrogens (primary N) is 1. The van der Waals surface area contributed by atoms with E-state index in [0.717, 1.165) is 64.3 Å². The highest BCUT2D eigenvalue weighted by molar-refractivity contribution is 5.99. The summed E-state index contributed by atoms with van der Waals surface area (Å²) in [4.78, 5) is 58.9. The van der Waals surface area contributed by atoms with Crippen molar-refractivity contribution in [2.24, 2.45) is 11.7 Å². The molecule has 3 amide bonds. The molecule has 3 aliphatic heterocycles. The number of halogens is 1. The number of piperidine rings is 2. The zero-order valence-corrected chi connectivity index (χ0v) is 23.2. The molecule has 3 saturated heterocycles. The molecule has 220 valence electrons. The SMILES string of the molecule is NC(=O)c1ccc(N2CCC(CN3CCN(c4ccc5c(=O)n([C@H]6CCC(=O)NC6=O)ncc5c4)CC3)CC2)nc1F. The number of pyridine rings is 1. The number of aromatic nitrogens is 3. The maximum absolute atomic E-state index is 14.1. The molecule has 0 aliphatic carbocycles. The van der Waals surface area contributed by atoms with E-state index in [1.54, 1.807) is 18.3 Å². The predicted octanol–water partition coefficient (Wildman–Crippen LogP) is 1.05. The lowest BCUT2D eigenvalue weighted by atomic mass is 9.96. The fourth-order valence-corrected chi connectivity index (χ4v) is 6.17. The fourth-order valence-electron chi connectivity index (χ4n) is 6.17. The van der Waals surface area contributed by atoms with Crippen molar-refractivity contribution in [1.82, 2.24) is 25.0 Å². The van der Waals surface area contributed by atoms with Crippen molar-refractivity contribution in [2.45, 2.75) is 31.7 Å². The van der Waals surface area contributed by atoms with E-state index in [1.807, 2.05) is 12.1 Å². The van der Waals surface area contributed by atoms with E-state index in [1.165, 1.54) is 10.7 Å². The van der Waals surface area contributed by atoms with Gasteiger partial charge in [0, 0.05) is 63.3 Å². The molecule has 0 radical (unpaired) electrons. The van der Waals surface area contributed by atoms with Crippen LogP contribution in [0.1, 0.15) is 42.1 Å². The Morgan fingerprint density at radius 3 is 2.43 bits per heavy atom. The number of imide groups is 1. The maximum atomic E-state index is 14.1. The molecule has 12 nitrogen and oxygen atoms in total. The number of hydrogen-bond donors (Lipinski definition) is 2. The van der Waals surface area contributed by atoms with E-state index in [-0.39, 0.29) is 29.9 Å². The van der Waals surface area contributed by atoms with Crippen LogP contribution >= 0.6 is 0 Å². The topological polar surface area (TPSA) is 147 Å². The van der Waals surface area contributed by atoms with Crippen LogP contribution in [0.4, 0.5) is 15.9 Å². The van der Waals surface area contributed by atoms with Gasteiger partial charge in [-0.05, 0) is 55.5 Å². The molecule has 3 N–H and O–H groups in total. The van der Waals surface area contributed by atoms with Crippen LogP contribution in [-0.4, -0.2) is 83.2 Å². The minimum Gasteiger partial charge on any atom is -0.369 e. The Morgan fingerprint density at radius 2 is 1.74 bits per heavy atom. The standard InChI is InChI=1S/C29H33FN8O4/c30-26-22(27(31)40)3-5-24(33-26)37-9-7-18(8-10-37)17-35-11-13-36(14-12-35)20-1-2-21-19(15-20)16-32-38(29(21)42)23-4-6-25(39)34-28(23)41/h1-3,5,15-16,18,23H,4,6-14,17H2,(H2,31,40)(H,34,39,41)/t23-/m0/s1. The summed E-state index contributed by atoms with van der Waals surface area (Å²) in [6.07, 6.45) is 4.01. The summed E-state index contributed by atoms with van der Waals surface area (Å²) in [5.74, 6) is -1.40. The molecule has 0 unspecified atom stereocenters. The van der Waals surface area contributed by atoms with Crippen LogP contribution in [0.25, 0.3) is 10.8 Å². The van der Waals surface area contributed by atoms with E-state index in [4.69, 9.17) is 5.73 Å². The molecule has 3 aromatic rings. The van der Waals surface area contributed by atoms with Crippen LogP contribution in [0.5, 0.6) is 0 Å². The van der Waals surface area contributed by atoms with Gasteiger partial charge in [0.2, 0.25) is 11.9 Å². The highest BCUT2D eigenvalue weighted by Crippen LogP contribution is 2.26. The van der Waals surface area contributed by atoms with Gasteiger partial charge in [-0.25, -0.2) is 9.67 Å². The molecule has 42 heavy (non-hydrogen) atoms. The summed E-state index contributed by atoms with van der Waals surface area (Å²) >= 11 is 0. The Bertz CT molecular complexity index is 1590. The molecule has 0 saturated carbocycles. The largest absolute Gasteiger partial charge is 0.369 e. The molecule has 3 aliphatic rings. The first kappa shape index (κ1) is 27.8. The average molecular weight is 577 g/mol. The zero-order valence-electron chi connectivity index (χ0n) is 23.2. The second-order valence-electron chi connectivity index (χ2n) is 11.2. The first-order valence-electron chi connectivity index (χ1n) is 14.3. The highest BCUT2D eigenvalue weighted by atomic mass is 19.1. The first-order valence-corrected chi connectivity index (χ1v) is 14.3. The second kappa shape index (κ2) is 11.5. The Labute approximate surface area is 241 Å². The van der Waals surface area contributed by atoms with E-state index in [0.29, 0.717) is 22.5 Å². The number of rotatable bonds is 6. The summed E-state index contributed by atoms with van der Waals surface area (Å²) in [7, 11) is 0. The van der Waals surface area contributed by atoms with Crippen molar-refractivity contribution in [1.29, 1.82) is 0 Å². The number of carbonyl (C=O) groups excluding carboxylic acids is 3. The minimum absolute atomic E-state index is 0.180. The fraction of sp³-hybridized carbons (Fsp3) is 0.448. The van der Waals surface area contributed by atoms with E-state index in [2.05, 4.69) is 30.1 Å². The number of carbonyl (C=O) groups is 3. The molecule has 3 fully saturated rings. The number of fused-ring (bicyclic) bond motifs is 1. The van der Waals surface area contributed by atoms with Crippen molar-refractivity contribution in [2.75, 3.05) is 55.6 Å². The Balaban J connectivity index is 1.02. The Kier molecular flexibility index (Phi) is 7.58. The van der Waals surface area contributed by atoms with Crippen LogP contribution in [0.15, 0.2) is 41.3 Å². The van der Waals surface area contributed by atoms with E-state index >= 15 is 0 Å². The molecule has 0 spiro atoms. The van der Waals surface area contributed by atoms with Gasteiger partial charge in [0.25, 0.3) is 17.4 Å². The molecule has 2 aromatic heterocycles. The number of nitrogens with zero attached hydrogens (tertiary/aromatic N) is 6. The number of anilines is 2. The highest BCUT2D eigenvalue weighted by Gasteiger charge is 2.30. The molecule has 1 atom stereocenters. The third-order valence-electron chi connectivity index (χ3n) is 8.59. The molecule has 1 aromatic carbocycles. The summed E-state index contributed by atoms with van der Waals surface area (Å²) in [5, 5.41) is 7.76. The Hall–Kier alpha value is -4.39. The average Bonchev–Trinajstić information content (AvgIpc) is 2.98. The van der Waals surface area contributed by atoms with Gasteiger partial charge in [0.15, 0.2) is 0 Å². The molecule has 13 heteroatoms. The number of primary amides is 1. The molecular weight excluding hydrogens is 543 g/mol. The van der Waals surface area contributed by atoms with Gasteiger partial charge in [0.1, 0.15) is 11.9 Å². The zero-order chi connectivity index (χ0) is 29.4. The van der Waals surface area contributed by atoms with E-state index < -0.39 is 23.8 Å². The normalized spacial score (nSPS) is 20.6. The Morgan fingerprint density at radius 1 is 0.976 bits per heavy atom.